The molecule has 88 valence electrons. The summed E-state index contributed by atoms with van der Waals surface area (Å²) < 4.78 is 13.8. The molecule has 1 aromatic heterocycles. The molecule has 2 heterocycles. The predicted molar refractivity (Wildman–Crippen MR) is 61.0 cm³/mol. The topological polar surface area (TPSA) is 41.0 Å². The van der Waals surface area contributed by atoms with Gasteiger partial charge in [0.15, 0.2) is 11.6 Å². The molecule has 0 spiro atoms. The number of aryl methyl sites for hydroxylation is 1. The summed E-state index contributed by atoms with van der Waals surface area (Å²) in [5, 5.41) is 3.25. The van der Waals surface area contributed by atoms with E-state index < -0.39 is 0 Å². The van der Waals surface area contributed by atoms with Gasteiger partial charge in [0.25, 0.3) is 0 Å². The first kappa shape index (κ1) is 11.3. The standard InChI is InChI=1S/C11H17FN4/c1-8-10(12)11(15-7-14-8)16-5-3-9(13-2)4-6-16/h7,9,13H,3-6H2,1-2H3. The largest absolute Gasteiger partial charge is 0.354 e. The van der Waals surface area contributed by atoms with Crippen molar-refractivity contribution < 1.29 is 4.39 Å². The Hall–Kier alpha value is -1.23. The number of anilines is 1. The lowest BCUT2D eigenvalue weighted by atomic mass is 10.1. The molecule has 0 bridgehead atoms. The minimum atomic E-state index is -0.287. The first-order valence-electron chi connectivity index (χ1n) is 5.61. The zero-order valence-corrected chi connectivity index (χ0v) is 9.70. The molecule has 0 aliphatic carbocycles. The summed E-state index contributed by atoms with van der Waals surface area (Å²) in [5.74, 6) is 0.160. The molecule has 0 unspecified atom stereocenters. The zero-order valence-electron chi connectivity index (χ0n) is 9.70. The highest BCUT2D eigenvalue weighted by molar-refractivity contribution is 5.41. The van der Waals surface area contributed by atoms with Gasteiger partial charge in [-0.05, 0) is 26.8 Å². The van der Waals surface area contributed by atoms with Gasteiger partial charge in [0.05, 0.1) is 5.69 Å². The van der Waals surface area contributed by atoms with E-state index in [9.17, 15) is 4.39 Å². The van der Waals surface area contributed by atoms with Crippen molar-refractivity contribution in [3.05, 3.63) is 17.8 Å². The van der Waals surface area contributed by atoms with Crippen molar-refractivity contribution in [2.75, 3.05) is 25.0 Å². The zero-order chi connectivity index (χ0) is 11.5. The Morgan fingerprint density at radius 3 is 2.69 bits per heavy atom. The van der Waals surface area contributed by atoms with E-state index in [1.807, 2.05) is 11.9 Å². The molecule has 0 amide bonds. The van der Waals surface area contributed by atoms with Crippen LogP contribution in [-0.2, 0) is 0 Å². The molecule has 0 aromatic carbocycles. The van der Waals surface area contributed by atoms with Crippen LogP contribution < -0.4 is 10.2 Å². The molecule has 5 heteroatoms. The fraction of sp³-hybridized carbons (Fsp3) is 0.636. The smallest absolute Gasteiger partial charge is 0.186 e. The van der Waals surface area contributed by atoms with Gasteiger partial charge in [0, 0.05) is 19.1 Å². The highest BCUT2D eigenvalue weighted by Gasteiger charge is 2.21. The van der Waals surface area contributed by atoms with E-state index in [4.69, 9.17) is 0 Å². The van der Waals surface area contributed by atoms with Crippen LogP contribution in [0.4, 0.5) is 10.2 Å². The normalized spacial score (nSPS) is 17.8. The summed E-state index contributed by atoms with van der Waals surface area (Å²) in [5.41, 5.74) is 0.417. The van der Waals surface area contributed by atoms with Crippen LogP contribution >= 0.6 is 0 Å². The van der Waals surface area contributed by atoms with Gasteiger partial charge in [0.1, 0.15) is 6.33 Å². The van der Waals surface area contributed by atoms with Crippen molar-refractivity contribution in [1.82, 2.24) is 15.3 Å². The monoisotopic (exact) mass is 224 g/mol. The molecule has 1 aliphatic rings. The van der Waals surface area contributed by atoms with E-state index in [0.29, 0.717) is 17.6 Å². The molecule has 16 heavy (non-hydrogen) atoms. The maximum atomic E-state index is 13.8. The third-order valence-electron chi connectivity index (χ3n) is 3.15. The van der Waals surface area contributed by atoms with Crippen LogP contribution in [0.1, 0.15) is 18.5 Å². The molecule has 1 aromatic rings. The molecule has 1 N–H and O–H groups in total. The highest BCUT2D eigenvalue weighted by Crippen LogP contribution is 2.21. The van der Waals surface area contributed by atoms with E-state index in [2.05, 4.69) is 15.3 Å². The molecule has 1 fully saturated rings. The number of halogens is 1. The molecule has 0 radical (unpaired) electrons. The van der Waals surface area contributed by atoms with Crippen LogP contribution in [0, 0.1) is 12.7 Å². The van der Waals surface area contributed by atoms with Crippen LogP contribution in [0.2, 0.25) is 0 Å². The van der Waals surface area contributed by atoms with Crippen molar-refractivity contribution in [3.63, 3.8) is 0 Å². The summed E-state index contributed by atoms with van der Waals surface area (Å²) in [4.78, 5) is 9.87. The lowest BCUT2D eigenvalue weighted by Gasteiger charge is -2.32. The number of nitrogens with zero attached hydrogens (tertiary/aromatic N) is 3. The van der Waals surface area contributed by atoms with Crippen LogP contribution in [0.25, 0.3) is 0 Å². The Morgan fingerprint density at radius 1 is 1.38 bits per heavy atom. The van der Waals surface area contributed by atoms with Crippen LogP contribution in [0.3, 0.4) is 0 Å². The SMILES string of the molecule is CNC1CCN(c2ncnc(C)c2F)CC1. The third-order valence-corrected chi connectivity index (χ3v) is 3.15. The number of piperidine rings is 1. The number of nitrogens with one attached hydrogen (secondary N) is 1. The lowest BCUT2D eigenvalue weighted by molar-refractivity contribution is 0.436. The van der Waals surface area contributed by atoms with Gasteiger partial charge in [0.2, 0.25) is 0 Å². The van der Waals surface area contributed by atoms with E-state index in [0.717, 1.165) is 25.9 Å². The third kappa shape index (κ3) is 2.14. The minimum absolute atomic E-state index is 0.287. The number of aromatic nitrogens is 2. The van der Waals surface area contributed by atoms with Gasteiger partial charge in [-0.1, -0.05) is 0 Å². The summed E-state index contributed by atoms with van der Waals surface area (Å²) in [6.07, 6.45) is 3.48. The van der Waals surface area contributed by atoms with Crippen LogP contribution in [-0.4, -0.2) is 36.1 Å². The molecule has 0 saturated carbocycles. The molecule has 1 aliphatic heterocycles. The number of hydrogen-bond acceptors (Lipinski definition) is 4. The Bertz CT molecular complexity index is 361. The second-order valence-electron chi connectivity index (χ2n) is 4.15. The van der Waals surface area contributed by atoms with E-state index in [1.165, 1.54) is 6.33 Å². The quantitative estimate of drug-likeness (QED) is 0.817. The number of hydrogen-bond donors (Lipinski definition) is 1. The second kappa shape index (κ2) is 4.74. The summed E-state index contributed by atoms with van der Waals surface area (Å²) in [7, 11) is 1.97. The summed E-state index contributed by atoms with van der Waals surface area (Å²) >= 11 is 0. The summed E-state index contributed by atoms with van der Waals surface area (Å²) in [6.45, 7) is 3.36. The van der Waals surface area contributed by atoms with Crippen molar-refractivity contribution in [3.8, 4) is 0 Å². The van der Waals surface area contributed by atoms with Crippen molar-refractivity contribution >= 4 is 5.82 Å². The maximum Gasteiger partial charge on any atom is 0.186 e. The fourth-order valence-corrected chi connectivity index (χ4v) is 2.05. The van der Waals surface area contributed by atoms with Crippen LogP contribution in [0.5, 0.6) is 0 Å². The highest BCUT2D eigenvalue weighted by atomic mass is 19.1. The Morgan fingerprint density at radius 2 is 2.06 bits per heavy atom. The minimum Gasteiger partial charge on any atom is -0.354 e. The Labute approximate surface area is 94.9 Å². The van der Waals surface area contributed by atoms with E-state index in [-0.39, 0.29) is 5.82 Å². The molecule has 2 rings (SSSR count). The molecular weight excluding hydrogens is 207 g/mol. The van der Waals surface area contributed by atoms with Gasteiger partial charge in [-0.2, -0.15) is 0 Å². The first-order chi connectivity index (χ1) is 7.72. The second-order valence-corrected chi connectivity index (χ2v) is 4.15. The molecule has 4 nitrogen and oxygen atoms in total. The van der Waals surface area contributed by atoms with Crippen LogP contribution in [0.15, 0.2) is 6.33 Å². The first-order valence-corrected chi connectivity index (χ1v) is 5.61. The average molecular weight is 224 g/mol. The molecule has 1 saturated heterocycles. The lowest BCUT2D eigenvalue weighted by Crippen LogP contribution is -2.42. The van der Waals surface area contributed by atoms with Gasteiger partial charge in [-0.25, -0.2) is 14.4 Å². The Balaban J connectivity index is 2.11. The van der Waals surface area contributed by atoms with Crippen molar-refractivity contribution in [1.29, 1.82) is 0 Å². The predicted octanol–water partition coefficient (Wildman–Crippen LogP) is 1.11. The van der Waals surface area contributed by atoms with Gasteiger partial charge >= 0.3 is 0 Å². The van der Waals surface area contributed by atoms with Gasteiger partial charge in [-0.3, -0.25) is 0 Å². The van der Waals surface area contributed by atoms with E-state index in [1.54, 1.807) is 6.92 Å². The number of rotatable bonds is 2. The summed E-state index contributed by atoms with van der Waals surface area (Å²) in [6, 6.07) is 0.544. The average Bonchev–Trinajstić information content (AvgIpc) is 2.33. The van der Waals surface area contributed by atoms with Crippen molar-refractivity contribution in [2.45, 2.75) is 25.8 Å². The van der Waals surface area contributed by atoms with E-state index >= 15 is 0 Å². The molecular formula is C11H17FN4. The van der Waals surface area contributed by atoms with Crippen molar-refractivity contribution in [2.24, 2.45) is 0 Å². The molecule has 0 atom stereocenters. The fourth-order valence-electron chi connectivity index (χ4n) is 2.05. The van der Waals surface area contributed by atoms with Gasteiger partial charge in [-0.15, -0.1) is 0 Å². The Kier molecular flexibility index (Phi) is 3.33. The maximum absolute atomic E-state index is 13.8. The van der Waals surface area contributed by atoms with Gasteiger partial charge < -0.3 is 10.2 Å².